The number of piperidine rings is 1. The number of hydrogen-bond acceptors (Lipinski definition) is 3. The predicted octanol–water partition coefficient (Wildman–Crippen LogP) is 1.87. The fraction of sp³-hybridized carbons (Fsp3) is 1.00. The molecule has 2 rings (SSSR count). The molecule has 3 nitrogen and oxygen atoms in total. The van der Waals surface area contributed by atoms with E-state index in [-0.39, 0.29) is 0 Å². The Morgan fingerprint density at radius 1 is 1.24 bits per heavy atom. The Bertz CT molecular complexity index is 224. The fourth-order valence-electron chi connectivity index (χ4n) is 3.35. The smallest absolute Gasteiger partial charge is 0.0678 e. The maximum Gasteiger partial charge on any atom is 0.0678 e. The van der Waals surface area contributed by atoms with Crippen molar-refractivity contribution < 1.29 is 4.74 Å². The van der Waals surface area contributed by atoms with Crippen LogP contribution in [0.15, 0.2) is 0 Å². The minimum absolute atomic E-state index is 0.393. The van der Waals surface area contributed by atoms with Gasteiger partial charge in [0.05, 0.1) is 12.2 Å². The van der Waals surface area contributed by atoms with E-state index in [1.807, 2.05) is 0 Å². The zero-order valence-corrected chi connectivity index (χ0v) is 11.6. The number of nitrogens with one attached hydrogen (secondary N) is 1. The van der Waals surface area contributed by atoms with Crippen molar-refractivity contribution >= 4 is 0 Å². The molecule has 0 aromatic heterocycles. The first-order chi connectivity index (χ1) is 8.17. The van der Waals surface area contributed by atoms with Gasteiger partial charge in [0, 0.05) is 25.7 Å². The van der Waals surface area contributed by atoms with Gasteiger partial charge in [-0.3, -0.25) is 4.90 Å². The third-order valence-electron chi connectivity index (χ3n) is 4.15. The summed E-state index contributed by atoms with van der Waals surface area (Å²) in [6.07, 6.45) is 4.85. The molecule has 4 unspecified atom stereocenters. The molecule has 3 heteroatoms. The molecule has 2 aliphatic heterocycles. The summed E-state index contributed by atoms with van der Waals surface area (Å²) in [5, 5.41) is 3.68. The van der Waals surface area contributed by atoms with Gasteiger partial charge >= 0.3 is 0 Å². The van der Waals surface area contributed by atoms with E-state index >= 15 is 0 Å². The van der Waals surface area contributed by atoms with Crippen molar-refractivity contribution in [2.45, 2.75) is 58.3 Å². The Hall–Kier alpha value is -0.120. The number of rotatable bonds is 3. The van der Waals surface area contributed by atoms with E-state index in [0.29, 0.717) is 18.2 Å². The number of hydrogen-bond donors (Lipinski definition) is 1. The summed E-state index contributed by atoms with van der Waals surface area (Å²) < 4.78 is 5.79. The Kier molecular flexibility index (Phi) is 4.83. The highest BCUT2D eigenvalue weighted by Gasteiger charge is 2.26. The van der Waals surface area contributed by atoms with E-state index in [2.05, 4.69) is 31.0 Å². The fourth-order valence-corrected chi connectivity index (χ4v) is 3.35. The molecule has 0 radical (unpaired) electrons. The average molecular weight is 240 g/mol. The van der Waals surface area contributed by atoms with E-state index in [1.165, 1.54) is 32.4 Å². The van der Waals surface area contributed by atoms with E-state index in [1.54, 1.807) is 0 Å². The lowest BCUT2D eigenvalue weighted by Crippen LogP contribution is -2.52. The monoisotopic (exact) mass is 240 g/mol. The van der Waals surface area contributed by atoms with Gasteiger partial charge in [0.15, 0.2) is 0 Å². The molecule has 0 saturated carbocycles. The minimum atomic E-state index is 0.393. The molecule has 0 aliphatic carbocycles. The Morgan fingerprint density at radius 3 is 2.59 bits per heavy atom. The lowest BCUT2D eigenvalue weighted by molar-refractivity contribution is -0.0708. The second-order valence-electron chi connectivity index (χ2n) is 5.93. The minimum Gasteiger partial charge on any atom is -0.373 e. The van der Waals surface area contributed by atoms with Crippen molar-refractivity contribution in [1.29, 1.82) is 0 Å². The largest absolute Gasteiger partial charge is 0.373 e. The molecule has 4 atom stereocenters. The van der Waals surface area contributed by atoms with Crippen LogP contribution >= 0.6 is 0 Å². The Labute approximate surface area is 106 Å². The molecule has 100 valence electrons. The maximum absolute atomic E-state index is 5.79. The summed E-state index contributed by atoms with van der Waals surface area (Å²) in [5.74, 6) is 0.942. The van der Waals surface area contributed by atoms with E-state index < -0.39 is 0 Å². The molecular weight excluding hydrogens is 212 g/mol. The van der Waals surface area contributed by atoms with Gasteiger partial charge in [-0.15, -0.1) is 0 Å². The van der Waals surface area contributed by atoms with Crippen LogP contribution < -0.4 is 5.32 Å². The zero-order chi connectivity index (χ0) is 12.3. The molecular formula is C14H28N2O. The van der Waals surface area contributed by atoms with Crippen molar-refractivity contribution in [2.24, 2.45) is 5.92 Å². The second kappa shape index (κ2) is 6.17. The predicted molar refractivity (Wildman–Crippen MR) is 71.3 cm³/mol. The number of ether oxygens (including phenoxy) is 1. The van der Waals surface area contributed by atoms with Crippen molar-refractivity contribution in [3.63, 3.8) is 0 Å². The topological polar surface area (TPSA) is 24.5 Å². The van der Waals surface area contributed by atoms with Crippen LogP contribution in [0.25, 0.3) is 0 Å². The van der Waals surface area contributed by atoms with Gasteiger partial charge in [0.25, 0.3) is 0 Å². The number of morpholine rings is 1. The lowest BCUT2D eigenvalue weighted by Gasteiger charge is -2.39. The molecule has 17 heavy (non-hydrogen) atoms. The van der Waals surface area contributed by atoms with Gasteiger partial charge in [0.2, 0.25) is 0 Å². The third kappa shape index (κ3) is 3.94. The van der Waals surface area contributed by atoms with Crippen LogP contribution in [0.1, 0.15) is 40.0 Å². The first kappa shape index (κ1) is 13.3. The average Bonchev–Trinajstić information content (AvgIpc) is 2.28. The summed E-state index contributed by atoms with van der Waals surface area (Å²) in [6.45, 7) is 11.3. The Morgan fingerprint density at radius 2 is 1.94 bits per heavy atom. The van der Waals surface area contributed by atoms with E-state index in [9.17, 15) is 0 Å². The molecule has 0 aromatic rings. The molecule has 0 bridgehead atoms. The zero-order valence-electron chi connectivity index (χ0n) is 11.6. The van der Waals surface area contributed by atoms with Crippen molar-refractivity contribution in [3.8, 4) is 0 Å². The van der Waals surface area contributed by atoms with Crippen molar-refractivity contribution in [2.75, 3.05) is 26.2 Å². The van der Waals surface area contributed by atoms with Gasteiger partial charge in [-0.2, -0.15) is 0 Å². The van der Waals surface area contributed by atoms with Crippen LogP contribution in [0.3, 0.4) is 0 Å². The Balaban J connectivity index is 1.79. The highest BCUT2D eigenvalue weighted by Crippen LogP contribution is 2.21. The first-order valence-electron chi connectivity index (χ1n) is 7.28. The molecule has 0 spiro atoms. The standard InChI is InChI=1S/C14H28N2O/c1-4-13-5-6-15-14(7-13)10-16-8-11(2)17-12(3)9-16/h11-15H,4-10H2,1-3H3. The summed E-state index contributed by atoms with van der Waals surface area (Å²) in [5.41, 5.74) is 0. The van der Waals surface area contributed by atoms with Gasteiger partial charge in [-0.25, -0.2) is 0 Å². The van der Waals surface area contributed by atoms with Gasteiger partial charge in [-0.1, -0.05) is 13.3 Å². The molecule has 2 fully saturated rings. The second-order valence-corrected chi connectivity index (χ2v) is 5.93. The third-order valence-corrected chi connectivity index (χ3v) is 4.15. The highest BCUT2D eigenvalue weighted by molar-refractivity contribution is 4.83. The van der Waals surface area contributed by atoms with E-state index in [4.69, 9.17) is 4.74 Å². The van der Waals surface area contributed by atoms with Gasteiger partial charge < -0.3 is 10.1 Å². The quantitative estimate of drug-likeness (QED) is 0.815. The molecule has 2 saturated heterocycles. The van der Waals surface area contributed by atoms with Gasteiger partial charge in [-0.05, 0) is 39.2 Å². The van der Waals surface area contributed by atoms with Crippen LogP contribution in [0.2, 0.25) is 0 Å². The van der Waals surface area contributed by atoms with Gasteiger partial charge in [0.1, 0.15) is 0 Å². The van der Waals surface area contributed by atoms with Crippen LogP contribution in [-0.4, -0.2) is 49.3 Å². The van der Waals surface area contributed by atoms with Crippen LogP contribution in [0, 0.1) is 5.92 Å². The van der Waals surface area contributed by atoms with Crippen LogP contribution in [-0.2, 0) is 4.74 Å². The number of nitrogens with zero attached hydrogens (tertiary/aromatic N) is 1. The summed E-state index contributed by atoms with van der Waals surface area (Å²) in [4.78, 5) is 2.58. The molecule has 1 N–H and O–H groups in total. The summed E-state index contributed by atoms with van der Waals surface area (Å²) >= 11 is 0. The molecule has 0 amide bonds. The highest BCUT2D eigenvalue weighted by atomic mass is 16.5. The lowest BCUT2D eigenvalue weighted by atomic mass is 9.90. The summed E-state index contributed by atoms with van der Waals surface area (Å²) in [6, 6.07) is 0.700. The SMILES string of the molecule is CCC1CCNC(CN2CC(C)OC(C)C2)C1. The van der Waals surface area contributed by atoms with Crippen LogP contribution in [0.5, 0.6) is 0 Å². The normalized spacial score (nSPS) is 40.4. The van der Waals surface area contributed by atoms with Crippen molar-refractivity contribution in [3.05, 3.63) is 0 Å². The van der Waals surface area contributed by atoms with E-state index in [0.717, 1.165) is 19.0 Å². The molecule has 2 heterocycles. The van der Waals surface area contributed by atoms with Crippen LogP contribution in [0.4, 0.5) is 0 Å². The van der Waals surface area contributed by atoms with Crippen molar-refractivity contribution in [1.82, 2.24) is 10.2 Å². The first-order valence-corrected chi connectivity index (χ1v) is 7.28. The molecule has 0 aromatic carbocycles. The summed E-state index contributed by atoms with van der Waals surface area (Å²) in [7, 11) is 0. The maximum atomic E-state index is 5.79. The molecule has 2 aliphatic rings.